The van der Waals surface area contributed by atoms with Crippen LogP contribution in [0.1, 0.15) is 102 Å². The van der Waals surface area contributed by atoms with Crippen LogP contribution in [0, 0.1) is 0 Å². The van der Waals surface area contributed by atoms with E-state index in [4.69, 9.17) is 0 Å². The SMILES string of the molecule is CCCCCCCN1CCC2(CCCCCC)CCc3cccc4ccc1c2c34. The molecule has 0 bridgehead atoms. The minimum Gasteiger partial charge on any atom is -0.371 e. The van der Waals surface area contributed by atoms with Gasteiger partial charge in [0.1, 0.15) is 0 Å². The van der Waals surface area contributed by atoms with E-state index in [2.05, 4.69) is 49.1 Å². The molecule has 1 aliphatic carbocycles. The lowest BCUT2D eigenvalue weighted by atomic mass is 9.63. The Morgan fingerprint density at radius 2 is 1.62 bits per heavy atom. The molecule has 4 rings (SSSR count). The molecule has 158 valence electrons. The molecule has 29 heavy (non-hydrogen) atoms. The number of aryl methyl sites for hydroxylation is 1. The van der Waals surface area contributed by atoms with E-state index < -0.39 is 0 Å². The fourth-order valence-electron chi connectivity index (χ4n) is 6.07. The van der Waals surface area contributed by atoms with Gasteiger partial charge in [-0.15, -0.1) is 0 Å². The molecule has 0 N–H and O–H groups in total. The summed E-state index contributed by atoms with van der Waals surface area (Å²) in [5.74, 6) is 0. The molecule has 0 fully saturated rings. The first-order chi connectivity index (χ1) is 14.3. The highest BCUT2D eigenvalue weighted by atomic mass is 15.1. The van der Waals surface area contributed by atoms with Crippen molar-refractivity contribution in [2.24, 2.45) is 0 Å². The van der Waals surface area contributed by atoms with E-state index >= 15 is 0 Å². The highest BCUT2D eigenvalue weighted by Gasteiger charge is 2.42. The second-order valence-electron chi connectivity index (χ2n) is 9.72. The number of unbranched alkanes of at least 4 members (excludes halogenated alkanes) is 7. The summed E-state index contributed by atoms with van der Waals surface area (Å²) < 4.78 is 0. The number of nitrogens with zero attached hydrogens (tertiary/aromatic N) is 1. The predicted molar refractivity (Wildman–Crippen MR) is 128 cm³/mol. The van der Waals surface area contributed by atoms with Crippen LogP contribution < -0.4 is 4.90 Å². The minimum absolute atomic E-state index is 0.440. The molecule has 0 amide bonds. The molecule has 0 aromatic heterocycles. The van der Waals surface area contributed by atoms with Gasteiger partial charge in [-0.2, -0.15) is 0 Å². The summed E-state index contributed by atoms with van der Waals surface area (Å²) in [6.07, 6.45) is 17.8. The third-order valence-corrected chi connectivity index (χ3v) is 7.75. The zero-order valence-electron chi connectivity index (χ0n) is 18.9. The molecule has 2 aromatic rings. The van der Waals surface area contributed by atoms with Crippen LogP contribution in [0.25, 0.3) is 10.8 Å². The first kappa shape index (κ1) is 20.8. The first-order valence-electron chi connectivity index (χ1n) is 12.6. The van der Waals surface area contributed by atoms with Crippen molar-refractivity contribution in [3.63, 3.8) is 0 Å². The maximum atomic E-state index is 2.74. The highest BCUT2D eigenvalue weighted by molar-refractivity contribution is 5.95. The molecular weight excluding hydrogens is 350 g/mol. The maximum Gasteiger partial charge on any atom is 0.0411 e. The van der Waals surface area contributed by atoms with Crippen molar-refractivity contribution >= 4 is 16.5 Å². The third-order valence-electron chi connectivity index (χ3n) is 7.75. The van der Waals surface area contributed by atoms with Gasteiger partial charge >= 0.3 is 0 Å². The van der Waals surface area contributed by atoms with Crippen LogP contribution in [-0.4, -0.2) is 13.1 Å². The Kier molecular flexibility index (Phi) is 6.83. The van der Waals surface area contributed by atoms with Gasteiger partial charge < -0.3 is 4.90 Å². The van der Waals surface area contributed by atoms with Crippen LogP contribution in [0.2, 0.25) is 0 Å². The number of rotatable bonds is 11. The van der Waals surface area contributed by atoms with E-state index in [0.29, 0.717) is 5.41 Å². The van der Waals surface area contributed by atoms with Gasteiger partial charge in [-0.1, -0.05) is 89.5 Å². The summed E-state index contributed by atoms with van der Waals surface area (Å²) in [5.41, 5.74) is 5.37. The van der Waals surface area contributed by atoms with Crippen molar-refractivity contribution in [1.29, 1.82) is 0 Å². The Morgan fingerprint density at radius 3 is 2.45 bits per heavy atom. The second kappa shape index (κ2) is 9.54. The summed E-state index contributed by atoms with van der Waals surface area (Å²) in [4.78, 5) is 2.74. The molecule has 0 radical (unpaired) electrons. The van der Waals surface area contributed by atoms with Crippen molar-refractivity contribution in [1.82, 2.24) is 0 Å². The Balaban J connectivity index is 1.63. The van der Waals surface area contributed by atoms with Gasteiger partial charge in [0.2, 0.25) is 0 Å². The molecule has 2 aliphatic rings. The summed E-state index contributed by atoms with van der Waals surface area (Å²) in [7, 11) is 0. The molecule has 2 aromatic carbocycles. The van der Waals surface area contributed by atoms with Crippen LogP contribution in [0.3, 0.4) is 0 Å². The Hall–Kier alpha value is -1.50. The van der Waals surface area contributed by atoms with Crippen LogP contribution in [0.5, 0.6) is 0 Å². The van der Waals surface area contributed by atoms with Crippen molar-refractivity contribution in [3.8, 4) is 0 Å². The summed E-state index contributed by atoms with van der Waals surface area (Å²) >= 11 is 0. The van der Waals surface area contributed by atoms with Gasteiger partial charge in [-0.3, -0.25) is 0 Å². The second-order valence-corrected chi connectivity index (χ2v) is 9.72. The lowest BCUT2D eigenvalue weighted by Crippen LogP contribution is -2.43. The number of benzene rings is 2. The van der Waals surface area contributed by atoms with Crippen LogP contribution in [-0.2, 0) is 11.8 Å². The number of hydrogen-bond acceptors (Lipinski definition) is 1. The van der Waals surface area contributed by atoms with E-state index in [1.807, 2.05) is 0 Å². The predicted octanol–water partition coefficient (Wildman–Crippen LogP) is 8.17. The number of hydrogen-bond donors (Lipinski definition) is 0. The van der Waals surface area contributed by atoms with Gasteiger partial charge in [0.15, 0.2) is 0 Å². The molecular formula is C28H41N. The third kappa shape index (κ3) is 4.21. The van der Waals surface area contributed by atoms with E-state index in [9.17, 15) is 0 Å². The monoisotopic (exact) mass is 391 g/mol. The van der Waals surface area contributed by atoms with Gasteiger partial charge in [0, 0.05) is 18.8 Å². The molecule has 1 atom stereocenters. The molecule has 1 nitrogen and oxygen atoms in total. The van der Waals surface area contributed by atoms with E-state index in [1.165, 1.54) is 102 Å². The van der Waals surface area contributed by atoms with Crippen LogP contribution in [0.15, 0.2) is 30.3 Å². The van der Waals surface area contributed by atoms with Gasteiger partial charge in [0.25, 0.3) is 0 Å². The van der Waals surface area contributed by atoms with Gasteiger partial charge in [-0.05, 0) is 65.5 Å². The van der Waals surface area contributed by atoms with E-state index in [1.54, 1.807) is 22.2 Å². The normalized spacial score (nSPS) is 20.4. The topological polar surface area (TPSA) is 3.24 Å². The van der Waals surface area contributed by atoms with Crippen molar-refractivity contribution in [3.05, 3.63) is 41.5 Å². The molecule has 0 saturated carbocycles. The quantitative estimate of drug-likeness (QED) is 0.349. The smallest absolute Gasteiger partial charge is 0.0411 e. The van der Waals surface area contributed by atoms with Gasteiger partial charge in [-0.25, -0.2) is 0 Å². The Labute approximate surface area is 178 Å². The Bertz CT molecular complexity index is 807. The standard InChI is InChI=1S/C28H41N/c1-3-5-7-9-11-21-29-22-20-28(18-10-8-6-4-2)19-17-24-14-12-13-23-15-16-25(29)27(28)26(23)24/h12-16H,3-11,17-22H2,1-2H3. The molecule has 1 unspecified atom stereocenters. The van der Waals surface area contributed by atoms with E-state index in [0.717, 1.165) is 0 Å². The van der Waals surface area contributed by atoms with Crippen molar-refractivity contribution < 1.29 is 0 Å². The lowest BCUT2D eigenvalue weighted by molar-refractivity contribution is 0.310. The lowest BCUT2D eigenvalue weighted by Gasteiger charge is -2.48. The maximum absolute atomic E-state index is 2.74. The zero-order valence-corrected chi connectivity index (χ0v) is 18.9. The fourth-order valence-corrected chi connectivity index (χ4v) is 6.07. The summed E-state index contributed by atoms with van der Waals surface area (Å²) in [6, 6.07) is 11.9. The fraction of sp³-hybridized carbons (Fsp3) is 0.643. The van der Waals surface area contributed by atoms with Gasteiger partial charge in [0.05, 0.1) is 0 Å². The minimum atomic E-state index is 0.440. The van der Waals surface area contributed by atoms with Crippen molar-refractivity contribution in [2.75, 3.05) is 18.0 Å². The molecule has 1 aliphatic heterocycles. The van der Waals surface area contributed by atoms with Crippen molar-refractivity contribution in [2.45, 2.75) is 103 Å². The average molecular weight is 392 g/mol. The summed E-state index contributed by atoms with van der Waals surface area (Å²) in [5, 5.41) is 3.10. The summed E-state index contributed by atoms with van der Waals surface area (Å²) in [6.45, 7) is 7.15. The zero-order chi connectivity index (χ0) is 20.1. The van der Waals surface area contributed by atoms with E-state index in [-0.39, 0.29) is 0 Å². The molecule has 0 saturated heterocycles. The highest BCUT2D eigenvalue weighted by Crippen LogP contribution is 2.52. The van der Waals surface area contributed by atoms with Crippen LogP contribution >= 0.6 is 0 Å². The number of anilines is 1. The largest absolute Gasteiger partial charge is 0.371 e. The first-order valence-corrected chi connectivity index (χ1v) is 12.6. The average Bonchev–Trinajstić information content (AvgIpc) is 2.76. The van der Waals surface area contributed by atoms with Crippen LogP contribution in [0.4, 0.5) is 5.69 Å². The molecule has 1 heterocycles. The molecule has 0 spiro atoms. The molecule has 1 heteroatoms. The Morgan fingerprint density at radius 1 is 0.828 bits per heavy atom.